The number of nitrogens with one attached hydrogen (secondary N) is 1. The molecule has 0 aliphatic heterocycles. The molecular formula is C15H25N3O3. The van der Waals surface area contributed by atoms with Crippen molar-refractivity contribution in [3.63, 3.8) is 0 Å². The van der Waals surface area contributed by atoms with Crippen molar-refractivity contribution in [1.29, 1.82) is 0 Å². The summed E-state index contributed by atoms with van der Waals surface area (Å²) in [6, 6.07) is 3.45. The summed E-state index contributed by atoms with van der Waals surface area (Å²) in [5.41, 5.74) is 1.13. The molecule has 0 spiro atoms. The van der Waals surface area contributed by atoms with Gasteiger partial charge in [0.15, 0.2) is 0 Å². The number of pyridine rings is 1. The number of rotatable bonds is 6. The number of amides is 1. The van der Waals surface area contributed by atoms with Crippen molar-refractivity contribution in [1.82, 2.24) is 9.88 Å². The van der Waals surface area contributed by atoms with Gasteiger partial charge in [-0.15, -0.1) is 0 Å². The molecule has 6 heteroatoms. The van der Waals surface area contributed by atoms with E-state index < -0.39 is 0 Å². The van der Waals surface area contributed by atoms with Crippen LogP contribution in [0.2, 0.25) is 0 Å². The number of anilines is 1. The third-order valence-corrected chi connectivity index (χ3v) is 3.12. The minimum Gasteiger partial charge on any atom is -0.395 e. The highest BCUT2D eigenvalue weighted by Gasteiger charge is 2.21. The van der Waals surface area contributed by atoms with Crippen LogP contribution in [0, 0.1) is 0 Å². The van der Waals surface area contributed by atoms with E-state index in [2.05, 4.69) is 10.3 Å². The first kappa shape index (κ1) is 17.4. The highest BCUT2D eigenvalue weighted by atomic mass is 16.3. The molecule has 0 atom stereocenters. The van der Waals surface area contributed by atoms with E-state index in [0.29, 0.717) is 11.4 Å². The van der Waals surface area contributed by atoms with Gasteiger partial charge in [-0.05, 0) is 12.1 Å². The summed E-state index contributed by atoms with van der Waals surface area (Å²) in [5.74, 6) is 0.404. The highest BCUT2D eigenvalue weighted by Crippen LogP contribution is 2.23. The highest BCUT2D eigenvalue weighted by molar-refractivity contribution is 5.95. The number of aliphatic hydroxyl groups excluding tert-OH is 2. The summed E-state index contributed by atoms with van der Waals surface area (Å²) in [5, 5.41) is 21.0. The summed E-state index contributed by atoms with van der Waals surface area (Å²) < 4.78 is 0. The second-order valence-electron chi connectivity index (χ2n) is 5.87. The molecule has 118 valence electrons. The van der Waals surface area contributed by atoms with Crippen LogP contribution < -0.4 is 5.32 Å². The number of hydrogen-bond donors (Lipinski definition) is 3. The maximum absolute atomic E-state index is 12.5. The van der Waals surface area contributed by atoms with Crippen LogP contribution in [0.5, 0.6) is 0 Å². The average Bonchev–Trinajstić information content (AvgIpc) is 2.44. The molecule has 1 amide bonds. The molecule has 1 aromatic heterocycles. The van der Waals surface area contributed by atoms with Crippen molar-refractivity contribution in [3.05, 3.63) is 23.4 Å². The molecular weight excluding hydrogens is 270 g/mol. The van der Waals surface area contributed by atoms with Crippen LogP contribution in [0.1, 0.15) is 36.8 Å². The van der Waals surface area contributed by atoms with Gasteiger partial charge in [-0.3, -0.25) is 4.79 Å². The monoisotopic (exact) mass is 295 g/mol. The molecule has 0 radical (unpaired) electrons. The normalized spacial score (nSPS) is 11.3. The molecule has 1 aromatic rings. The molecule has 0 aromatic carbocycles. The lowest BCUT2D eigenvalue weighted by molar-refractivity contribution is 0.0684. The number of aromatic nitrogens is 1. The predicted molar refractivity (Wildman–Crippen MR) is 82.6 cm³/mol. The molecule has 0 aliphatic carbocycles. The predicted octanol–water partition coefficient (Wildman–Crippen LogP) is 0.848. The zero-order valence-corrected chi connectivity index (χ0v) is 13.2. The molecule has 1 rings (SSSR count). The lowest BCUT2D eigenvalue weighted by Gasteiger charge is -2.23. The maximum atomic E-state index is 12.5. The largest absolute Gasteiger partial charge is 0.395 e. The number of carbonyl (C=O) groups is 1. The zero-order valence-electron chi connectivity index (χ0n) is 13.2. The van der Waals surface area contributed by atoms with Gasteiger partial charge in [0.25, 0.3) is 5.91 Å². The van der Waals surface area contributed by atoms with E-state index in [9.17, 15) is 4.79 Å². The van der Waals surface area contributed by atoms with E-state index in [4.69, 9.17) is 10.2 Å². The number of nitrogens with zero attached hydrogens (tertiary/aromatic N) is 2. The Balaban J connectivity index is 3.18. The molecule has 0 saturated heterocycles. The Morgan fingerprint density at radius 3 is 2.24 bits per heavy atom. The molecule has 6 nitrogen and oxygen atoms in total. The van der Waals surface area contributed by atoms with Gasteiger partial charge in [0.2, 0.25) is 0 Å². The summed E-state index contributed by atoms with van der Waals surface area (Å²) >= 11 is 0. The van der Waals surface area contributed by atoms with Crippen molar-refractivity contribution >= 4 is 11.7 Å². The van der Waals surface area contributed by atoms with E-state index in [0.717, 1.165) is 5.69 Å². The third kappa shape index (κ3) is 4.68. The van der Waals surface area contributed by atoms with Gasteiger partial charge in [-0.25, -0.2) is 4.98 Å². The van der Waals surface area contributed by atoms with E-state index in [1.165, 1.54) is 4.90 Å². The van der Waals surface area contributed by atoms with Crippen molar-refractivity contribution in [2.24, 2.45) is 0 Å². The number of hydrogen-bond acceptors (Lipinski definition) is 5. The van der Waals surface area contributed by atoms with Gasteiger partial charge in [-0.1, -0.05) is 20.8 Å². The standard InChI is InChI=1S/C15H25N3O3/c1-15(2,3)12-9-11(10-13(16-4)17-12)14(21)18(5-7-19)6-8-20/h9-10,19-20H,5-8H2,1-4H3,(H,16,17). The van der Waals surface area contributed by atoms with Crippen LogP contribution >= 0.6 is 0 Å². The molecule has 1 heterocycles. The quantitative estimate of drug-likeness (QED) is 0.724. The summed E-state index contributed by atoms with van der Waals surface area (Å²) in [4.78, 5) is 18.4. The minimum atomic E-state index is -0.220. The van der Waals surface area contributed by atoms with Crippen LogP contribution in [-0.4, -0.2) is 59.4 Å². The first-order chi connectivity index (χ1) is 9.83. The van der Waals surface area contributed by atoms with Gasteiger partial charge < -0.3 is 20.4 Å². The third-order valence-electron chi connectivity index (χ3n) is 3.12. The van der Waals surface area contributed by atoms with Crippen molar-refractivity contribution in [2.45, 2.75) is 26.2 Å². The van der Waals surface area contributed by atoms with Gasteiger partial charge in [-0.2, -0.15) is 0 Å². The van der Waals surface area contributed by atoms with Gasteiger partial charge >= 0.3 is 0 Å². The fourth-order valence-electron chi connectivity index (χ4n) is 1.91. The summed E-state index contributed by atoms with van der Waals surface area (Å²) in [6.07, 6.45) is 0. The van der Waals surface area contributed by atoms with Crippen LogP contribution in [0.3, 0.4) is 0 Å². The van der Waals surface area contributed by atoms with Crippen molar-refractivity contribution in [2.75, 3.05) is 38.7 Å². The smallest absolute Gasteiger partial charge is 0.254 e. The second kappa shape index (κ2) is 7.38. The Morgan fingerprint density at radius 1 is 1.24 bits per heavy atom. The van der Waals surface area contributed by atoms with Gasteiger partial charge in [0.05, 0.1) is 13.2 Å². The molecule has 0 aliphatic rings. The van der Waals surface area contributed by atoms with Crippen LogP contribution in [0.4, 0.5) is 5.82 Å². The van der Waals surface area contributed by atoms with Crippen LogP contribution in [-0.2, 0) is 5.41 Å². The SMILES string of the molecule is CNc1cc(C(=O)N(CCO)CCO)cc(C(C)(C)C)n1. The maximum Gasteiger partial charge on any atom is 0.254 e. The number of carbonyl (C=O) groups excluding carboxylic acids is 1. The van der Waals surface area contributed by atoms with Gasteiger partial charge in [0.1, 0.15) is 5.82 Å². The van der Waals surface area contributed by atoms with E-state index in [1.807, 2.05) is 20.8 Å². The van der Waals surface area contributed by atoms with E-state index >= 15 is 0 Å². The lowest BCUT2D eigenvalue weighted by atomic mass is 9.90. The van der Waals surface area contributed by atoms with Gasteiger partial charge in [0, 0.05) is 36.8 Å². The Morgan fingerprint density at radius 2 is 1.81 bits per heavy atom. The van der Waals surface area contributed by atoms with Crippen molar-refractivity contribution < 1.29 is 15.0 Å². The van der Waals surface area contributed by atoms with Crippen LogP contribution in [0.25, 0.3) is 0 Å². The lowest BCUT2D eigenvalue weighted by Crippen LogP contribution is -2.36. The van der Waals surface area contributed by atoms with E-state index in [1.54, 1.807) is 19.2 Å². The Bertz CT molecular complexity index is 478. The molecule has 3 N–H and O–H groups in total. The minimum absolute atomic E-state index is 0.137. The summed E-state index contributed by atoms with van der Waals surface area (Å²) in [6.45, 7) is 6.21. The molecule has 21 heavy (non-hydrogen) atoms. The molecule has 0 fully saturated rings. The van der Waals surface area contributed by atoms with E-state index in [-0.39, 0.29) is 37.6 Å². The van der Waals surface area contributed by atoms with Crippen molar-refractivity contribution in [3.8, 4) is 0 Å². The zero-order chi connectivity index (χ0) is 16.0. The molecule has 0 unspecified atom stereocenters. The first-order valence-corrected chi connectivity index (χ1v) is 7.04. The topological polar surface area (TPSA) is 85.7 Å². The Labute approximate surface area is 125 Å². The first-order valence-electron chi connectivity index (χ1n) is 7.04. The summed E-state index contributed by atoms with van der Waals surface area (Å²) in [7, 11) is 1.75. The molecule has 0 saturated carbocycles. The fourth-order valence-corrected chi connectivity index (χ4v) is 1.91. The van der Waals surface area contributed by atoms with Crippen LogP contribution in [0.15, 0.2) is 12.1 Å². The second-order valence-corrected chi connectivity index (χ2v) is 5.87. The Kier molecular flexibility index (Phi) is 6.11. The number of aliphatic hydroxyl groups is 2. The fraction of sp³-hybridized carbons (Fsp3) is 0.600. The molecule has 0 bridgehead atoms. The average molecular weight is 295 g/mol. The Hall–Kier alpha value is -1.66.